The van der Waals surface area contributed by atoms with Gasteiger partial charge in [-0.25, -0.2) is 8.42 Å². The van der Waals surface area contributed by atoms with Crippen molar-refractivity contribution in [2.24, 2.45) is 0 Å². The summed E-state index contributed by atoms with van der Waals surface area (Å²) in [5, 5.41) is 4.12. The van der Waals surface area contributed by atoms with Crippen molar-refractivity contribution in [1.29, 1.82) is 0 Å². The molecule has 0 aliphatic heterocycles. The van der Waals surface area contributed by atoms with E-state index in [-0.39, 0.29) is 0 Å². The van der Waals surface area contributed by atoms with Crippen LogP contribution in [0.25, 0.3) is 0 Å². The Kier molecular flexibility index (Phi) is 8.91. The number of nitrogens with zero attached hydrogens (tertiary/aromatic N) is 1. The van der Waals surface area contributed by atoms with Crippen LogP contribution in [0.1, 0.15) is 22.3 Å². The van der Waals surface area contributed by atoms with Crippen LogP contribution in [-0.2, 0) is 29.7 Å². The van der Waals surface area contributed by atoms with E-state index in [0.29, 0.717) is 31.1 Å². The van der Waals surface area contributed by atoms with Crippen LogP contribution in [0.4, 0.5) is 11.4 Å². The number of benzene rings is 4. The van der Waals surface area contributed by atoms with Crippen LogP contribution in [0.3, 0.4) is 0 Å². The molecule has 0 radical (unpaired) electrons. The molecule has 1 N–H and O–H groups in total. The van der Waals surface area contributed by atoms with E-state index in [4.69, 9.17) is 9.47 Å². The molecule has 0 aliphatic carbocycles. The summed E-state index contributed by atoms with van der Waals surface area (Å²) in [7, 11) is -3.40. The Bertz CT molecular complexity index is 1670. The summed E-state index contributed by atoms with van der Waals surface area (Å²) in [6.07, 6.45) is 1.17. The Labute approximate surface area is 245 Å². The molecule has 0 spiro atoms. The summed E-state index contributed by atoms with van der Waals surface area (Å²) in [5.41, 5.74) is 5.81. The largest absolute Gasteiger partial charge is 0.489 e. The van der Waals surface area contributed by atoms with Crippen LogP contribution < -0.4 is 19.1 Å². The summed E-state index contributed by atoms with van der Waals surface area (Å²) in [4.78, 5) is 2.25. The molecule has 41 heavy (non-hydrogen) atoms. The molecule has 0 amide bonds. The molecule has 8 heteroatoms. The smallest absolute Gasteiger partial charge is 0.229 e. The quantitative estimate of drug-likeness (QED) is 0.161. The van der Waals surface area contributed by atoms with Crippen LogP contribution in [0.5, 0.6) is 17.2 Å². The Balaban J connectivity index is 1.32. The highest BCUT2D eigenvalue weighted by atomic mass is 32.2. The molecular weight excluding hydrogens is 553 g/mol. The van der Waals surface area contributed by atoms with E-state index in [2.05, 4.69) is 45.3 Å². The SMILES string of the molecule is Cc1c(NS(C)(=O)=O)cccc1N(Cc1ccccc1)Cc1ccc(Oc2cccc(OCc3ccsc3)c2)cc1. The van der Waals surface area contributed by atoms with E-state index < -0.39 is 10.0 Å². The van der Waals surface area contributed by atoms with Crippen molar-refractivity contribution < 1.29 is 17.9 Å². The number of hydrogen-bond donors (Lipinski definition) is 1. The first kappa shape index (κ1) is 28.3. The summed E-state index contributed by atoms with van der Waals surface area (Å²) in [5.74, 6) is 2.19. The fourth-order valence-electron chi connectivity index (χ4n) is 4.49. The number of anilines is 2. The van der Waals surface area contributed by atoms with Crippen molar-refractivity contribution >= 4 is 32.7 Å². The molecule has 210 valence electrons. The minimum Gasteiger partial charge on any atom is -0.489 e. The van der Waals surface area contributed by atoms with Crippen molar-refractivity contribution in [3.05, 3.63) is 136 Å². The third-order valence-electron chi connectivity index (χ3n) is 6.48. The number of sulfonamides is 1. The Morgan fingerprint density at radius 1 is 0.756 bits per heavy atom. The number of hydrogen-bond acceptors (Lipinski definition) is 6. The van der Waals surface area contributed by atoms with E-state index in [1.807, 2.05) is 79.0 Å². The van der Waals surface area contributed by atoms with E-state index in [0.717, 1.165) is 39.4 Å². The maximum atomic E-state index is 11.9. The van der Waals surface area contributed by atoms with Gasteiger partial charge in [0.05, 0.1) is 11.9 Å². The maximum absolute atomic E-state index is 11.9. The Morgan fingerprint density at radius 2 is 1.46 bits per heavy atom. The minimum absolute atomic E-state index is 0.522. The minimum atomic E-state index is -3.40. The number of thiophene rings is 1. The zero-order chi connectivity index (χ0) is 28.7. The number of rotatable bonds is 12. The van der Waals surface area contributed by atoms with Crippen LogP contribution in [-0.4, -0.2) is 14.7 Å². The van der Waals surface area contributed by atoms with Gasteiger partial charge < -0.3 is 14.4 Å². The third-order valence-corrected chi connectivity index (χ3v) is 7.80. The van der Waals surface area contributed by atoms with Gasteiger partial charge in [0.1, 0.15) is 23.9 Å². The molecule has 5 aromatic rings. The fourth-order valence-corrected chi connectivity index (χ4v) is 5.77. The topological polar surface area (TPSA) is 67.9 Å². The van der Waals surface area contributed by atoms with Gasteiger partial charge in [-0.15, -0.1) is 0 Å². The highest BCUT2D eigenvalue weighted by Gasteiger charge is 2.15. The summed E-state index contributed by atoms with van der Waals surface area (Å²) in [6, 6.07) is 33.7. The molecular formula is C33H32N2O4S2. The predicted octanol–water partition coefficient (Wildman–Crippen LogP) is 8.01. The zero-order valence-electron chi connectivity index (χ0n) is 23.0. The van der Waals surface area contributed by atoms with Crippen molar-refractivity contribution in [3.63, 3.8) is 0 Å². The normalized spacial score (nSPS) is 11.2. The molecule has 4 aromatic carbocycles. The predicted molar refractivity (Wildman–Crippen MR) is 168 cm³/mol. The maximum Gasteiger partial charge on any atom is 0.229 e. The standard InChI is InChI=1S/C33H32N2O4S2/c1-25-32(34-41(2,36)37)12-7-13-33(25)35(21-26-8-4-3-5-9-26)22-27-14-16-29(17-15-27)39-31-11-6-10-30(20-31)38-23-28-18-19-40-24-28/h3-20,24,34H,21-23H2,1-2H3. The second kappa shape index (κ2) is 12.9. The molecule has 0 aliphatic rings. The third kappa shape index (κ3) is 8.13. The van der Waals surface area contributed by atoms with Crippen LogP contribution in [0, 0.1) is 6.92 Å². The first-order valence-electron chi connectivity index (χ1n) is 13.2. The van der Waals surface area contributed by atoms with Gasteiger partial charge in [0.25, 0.3) is 0 Å². The van der Waals surface area contributed by atoms with Gasteiger partial charge in [-0.05, 0) is 82.4 Å². The average Bonchev–Trinajstić information content (AvgIpc) is 3.48. The van der Waals surface area contributed by atoms with Gasteiger partial charge >= 0.3 is 0 Å². The molecule has 0 saturated heterocycles. The zero-order valence-corrected chi connectivity index (χ0v) is 24.6. The van der Waals surface area contributed by atoms with Crippen molar-refractivity contribution in [2.75, 3.05) is 15.9 Å². The van der Waals surface area contributed by atoms with Gasteiger partial charge in [-0.1, -0.05) is 54.6 Å². The molecule has 0 fully saturated rings. The Morgan fingerprint density at radius 3 is 2.17 bits per heavy atom. The summed E-state index contributed by atoms with van der Waals surface area (Å²) < 4.78 is 38.5. The van der Waals surface area contributed by atoms with E-state index in [1.54, 1.807) is 17.4 Å². The lowest BCUT2D eigenvalue weighted by molar-refractivity contribution is 0.305. The fraction of sp³-hybridized carbons (Fsp3) is 0.152. The van der Waals surface area contributed by atoms with Crippen molar-refractivity contribution in [2.45, 2.75) is 26.6 Å². The molecule has 1 aromatic heterocycles. The van der Waals surface area contributed by atoms with E-state index in [9.17, 15) is 8.42 Å². The molecule has 5 rings (SSSR count). The second-order valence-electron chi connectivity index (χ2n) is 9.81. The van der Waals surface area contributed by atoms with Crippen LogP contribution in [0.15, 0.2) is 114 Å². The molecule has 6 nitrogen and oxygen atoms in total. The number of ether oxygens (including phenoxy) is 2. The van der Waals surface area contributed by atoms with E-state index in [1.165, 1.54) is 6.26 Å². The lowest BCUT2D eigenvalue weighted by atomic mass is 10.1. The molecule has 0 bridgehead atoms. The highest BCUT2D eigenvalue weighted by molar-refractivity contribution is 7.92. The van der Waals surface area contributed by atoms with Crippen molar-refractivity contribution in [1.82, 2.24) is 0 Å². The first-order valence-corrected chi connectivity index (χ1v) is 16.0. The van der Waals surface area contributed by atoms with E-state index >= 15 is 0 Å². The monoisotopic (exact) mass is 584 g/mol. The molecule has 0 atom stereocenters. The highest BCUT2D eigenvalue weighted by Crippen LogP contribution is 2.31. The Hall–Kier alpha value is -4.27. The van der Waals surface area contributed by atoms with Crippen molar-refractivity contribution in [3.8, 4) is 17.2 Å². The molecule has 1 heterocycles. The lowest BCUT2D eigenvalue weighted by Gasteiger charge is -2.28. The van der Waals surface area contributed by atoms with Gasteiger partial charge in [-0.2, -0.15) is 11.3 Å². The average molecular weight is 585 g/mol. The van der Waals surface area contributed by atoms with Crippen LogP contribution >= 0.6 is 11.3 Å². The molecule has 0 unspecified atom stereocenters. The second-order valence-corrected chi connectivity index (χ2v) is 12.3. The van der Waals surface area contributed by atoms with Gasteiger partial charge in [0, 0.05) is 24.8 Å². The van der Waals surface area contributed by atoms with Crippen LogP contribution in [0.2, 0.25) is 0 Å². The number of nitrogens with one attached hydrogen (secondary N) is 1. The molecule has 0 saturated carbocycles. The van der Waals surface area contributed by atoms with Gasteiger partial charge in [-0.3, -0.25) is 4.72 Å². The van der Waals surface area contributed by atoms with Gasteiger partial charge in [0.2, 0.25) is 10.0 Å². The lowest BCUT2D eigenvalue weighted by Crippen LogP contribution is -2.23. The van der Waals surface area contributed by atoms with Gasteiger partial charge in [0.15, 0.2) is 0 Å². The summed E-state index contributed by atoms with van der Waals surface area (Å²) in [6.45, 7) is 3.76. The first-order chi connectivity index (χ1) is 19.8. The summed E-state index contributed by atoms with van der Waals surface area (Å²) >= 11 is 1.65.